The number of hydrogen-bond donors (Lipinski definition) is 2. The molecule has 1 aliphatic rings. The van der Waals surface area contributed by atoms with Crippen LogP contribution in [0.1, 0.15) is 22.4 Å². The monoisotopic (exact) mass is 528 g/mol. The molecule has 9 nitrogen and oxygen atoms in total. The van der Waals surface area contributed by atoms with Crippen LogP contribution in [0.25, 0.3) is 34.7 Å². The molecule has 5 rings (SSSR count). The van der Waals surface area contributed by atoms with Crippen molar-refractivity contribution in [3.8, 4) is 0 Å². The van der Waals surface area contributed by atoms with Crippen LogP contribution in [-0.4, -0.2) is 72.9 Å². The lowest BCUT2D eigenvalue weighted by Crippen LogP contribution is -2.33. The first-order chi connectivity index (χ1) is 18.2. The van der Waals surface area contributed by atoms with Gasteiger partial charge in [-0.25, -0.2) is 8.42 Å². The Labute approximate surface area is 221 Å². The second-order valence-electron chi connectivity index (χ2n) is 9.38. The summed E-state index contributed by atoms with van der Waals surface area (Å²) >= 11 is 0. The maximum atomic E-state index is 13.1. The summed E-state index contributed by atoms with van der Waals surface area (Å²) in [6.07, 6.45) is 9.14. The lowest BCUT2D eigenvalue weighted by molar-refractivity contribution is -0.110. The third kappa shape index (κ3) is 5.14. The molecule has 194 valence electrons. The highest BCUT2D eigenvalue weighted by Gasteiger charge is 2.28. The fourth-order valence-electron chi connectivity index (χ4n) is 4.20. The van der Waals surface area contributed by atoms with E-state index in [0.29, 0.717) is 29.9 Å². The summed E-state index contributed by atoms with van der Waals surface area (Å²) in [4.78, 5) is 18.9. The summed E-state index contributed by atoms with van der Waals surface area (Å²) in [5.74, 6) is -0.277. The van der Waals surface area contributed by atoms with E-state index >= 15 is 0 Å². The molecule has 0 atom stereocenters. The number of aromatic nitrogens is 3. The predicted molar refractivity (Wildman–Crippen MR) is 151 cm³/mol. The average Bonchev–Trinajstić information content (AvgIpc) is 3.45. The van der Waals surface area contributed by atoms with E-state index in [0.717, 1.165) is 27.7 Å². The molecule has 1 aliphatic heterocycles. The van der Waals surface area contributed by atoms with Crippen LogP contribution >= 0.6 is 0 Å². The Balaban J connectivity index is 1.44. The number of anilines is 1. The number of amides is 1. The number of fused-ring (bicyclic) bond motifs is 2. The van der Waals surface area contributed by atoms with Crippen molar-refractivity contribution in [2.24, 2.45) is 0 Å². The number of carbonyl (C=O) groups is 1. The number of benzene rings is 2. The minimum Gasteiger partial charge on any atom is -0.321 e. The first-order valence-corrected chi connectivity index (χ1v) is 13.5. The fraction of sp³-hybridized carbons (Fsp3) is 0.179. The Bertz CT molecular complexity index is 1670. The van der Waals surface area contributed by atoms with Gasteiger partial charge in [-0.2, -0.15) is 9.40 Å². The van der Waals surface area contributed by atoms with Gasteiger partial charge in [-0.1, -0.05) is 12.1 Å². The Morgan fingerprint density at radius 2 is 1.71 bits per heavy atom. The van der Waals surface area contributed by atoms with Gasteiger partial charge < -0.3 is 10.2 Å². The highest BCUT2D eigenvalue weighted by atomic mass is 32.2. The molecule has 1 amide bonds. The highest BCUT2D eigenvalue weighted by Crippen LogP contribution is 2.35. The number of nitrogens with zero attached hydrogens (tertiary/aromatic N) is 4. The molecule has 2 aromatic carbocycles. The lowest BCUT2D eigenvalue weighted by Gasteiger charge is -2.19. The molecular weight excluding hydrogens is 500 g/mol. The molecule has 0 aliphatic carbocycles. The number of aromatic amines is 1. The molecule has 10 heteroatoms. The van der Waals surface area contributed by atoms with Crippen molar-refractivity contribution in [2.75, 3.05) is 39.5 Å². The van der Waals surface area contributed by atoms with E-state index in [-0.39, 0.29) is 10.8 Å². The van der Waals surface area contributed by atoms with Gasteiger partial charge in [0.25, 0.3) is 5.91 Å². The number of hydrogen-bond acceptors (Lipinski definition) is 6. The molecule has 0 unspecified atom stereocenters. The zero-order chi connectivity index (χ0) is 26.9. The van der Waals surface area contributed by atoms with Crippen molar-refractivity contribution in [1.29, 1.82) is 0 Å². The minimum absolute atomic E-state index is 0.148. The molecule has 0 bridgehead atoms. The summed E-state index contributed by atoms with van der Waals surface area (Å²) < 4.78 is 27.6. The van der Waals surface area contributed by atoms with Crippen LogP contribution in [0.4, 0.5) is 5.69 Å². The molecule has 38 heavy (non-hydrogen) atoms. The van der Waals surface area contributed by atoms with Crippen LogP contribution in [0.3, 0.4) is 0 Å². The number of rotatable bonds is 8. The highest BCUT2D eigenvalue weighted by molar-refractivity contribution is 7.89. The summed E-state index contributed by atoms with van der Waals surface area (Å²) in [5, 5.41) is 11.2. The van der Waals surface area contributed by atoms with Crippen molar-refractivity contribution in [3.63, 3.8) is 0 Å². The number of sulfonamides is 1. The second-order valence-corrected chi connectivity index (χ2v) is 11.4. The van der Waals surface area contributed by atoms with E-state index in [2.05, 4.69) is 20.5 Å². The van der Waals surface area contributed by atoms with Crippen molar-refractivity contribution in [3.05, 3.63) is 83.3 Å². The standard InChI is InChI=1S/C28H28N6O3S/c1-33(2)14-15-34(3)38(36,37)21-6-9-25-23(18-21)24(28(35)30-25)16-20-4-7-22-26(31-32-27(22)17-20)8-5-19-10-12-29-13-11-19/h4-13,16-18H,14-15H2,1-3H3,(H,30,35)(H,31,32)/b8-5+,24-16-. The number of likely N-dealkylation sites (N-methyl/N-ethyl adjacent to an activating group) is 2. The molecule has 0 radical (unpaired) electrons. The van der Waals surface area contributed by atoms with E-state index < -0.39 is 10.0 Å². The van der Waals surface area contributed by atoms with Crippen LogP contribution < -0.4 is 5.32 Å². The first-order valence-electron chi connectivity index (χ1n) is 12.1. The van der Waals surface area contributed by atoms with Crippen molar-refractivity contribution in [1.82, 2.24) is 24.4 Å². The number of carbonyl (C=O) groups excluding carboxylic acids is 1. The van der Waals surface area contributed by atoms with E-state index in [1.54, 1.807) is 37.7 Å². The van der Waals surface area contributed by atoms with Gasteiger partial charge in [-0.15, -0.1) is 0 Å². The molecule has 0 spiro atoms. The predicted octanol–water partition coefficient (Wildman–Crippen LogP) is 3.80. The number of H-pyrrole nitrogens is 1. The van der Waals surface area contributed by atoms with Crippen molar-refractivity contribution in [2.45, 2.75) is 4.90 Å². The molecule has 4 aromatic rings. The molecule has 2 N–H and O–H groups in total. The Hall–Kier alpha value is -4.12. The fourth-order valence-corrected chi connectivity index (χ4v) is 5.39. The van der Waals surface area contributed by atoms with E-state index in [9.17, 15) is 13.2 Å². The van der Waals surface area contributed by atoms with Crippen LogP contribution in [0.5, 0.6) is 0 Å². The van der Waals surface area contributed by atoms with Gasteiger partial charge in [-0.05, 0) is 79.8 Å². The maximum absolute atomic E-state index is 13.1. The molecule has 0 fully saturated rings. The number of pyridine rings is 1. The quantitative estimate of drug-likeness (QED) is 0.337. The van der Waals surface area contributed by atoms with Gasteiger partial charge in [0.05, 0.1) is 16.1 Å². The zero-order valence-electron chi connectivity index (χ0n) is 21.3. The number of nitrogens with one attached hydrogen (secondary N) is 2. The van der Waals surface area contributed by atoms with Gasteiger partial charge in [0.2, 0.25) is 10.0 Å². The molecule has 2 aromatic heterocycles. The van der Waals surface area contributed by atoms with E-state index in [1.807, 2.05) is 61.5 Å². The summed E-state index contributed by atoms with van der Waals surface area (Å²) in [7, 11) is 1.65. The first kappa shape index (κ1) is 25.5. The van der Waals surface area contributed by atoms with Crippen LogP contribution in [-0.2, 0) is 14.8 Å². The van der Waals surface area contributed by atoms with Crippen molar-refractivity contribution >= 4 is 56.3 Å². The Morgan fingerprint density at radius 3 is 2.47 bits per heavy atom. The van der Waals surface area contributed by atoms with Gasteiger partial charge in [-0.3, -0.25) is 14.9 Å². The van der Waals surface area contributed by atoms with Gasteiger partial charge in [0.15, 0.2) is 0 Å². The Morgan fingerprint density at radius 1 is 0.921 bits per heavy atom. The largest absolute Gasteiger partial charge is 0.321 e. The average molecular weight is 529 g/mol. The molecule has 0 saturated carbocycles. The SMILES string of the molecule is CN(C)CCN(C)S(=O)(=O)c1ccc2c(c1)/C(=C/c1ccc3c(/C=C/c4ccncc4)n[nH]c3c1)C(=O)N2. The van der Waals surface area contributed by atoms with E-state index in [1.165, 1.54) is 10.4 Å². The third-order valence-electron chi connectivity index (χ3n) is 6.41. The van der Waals surface area contributed by atoms with Crippen LogP contribution in [0.15, 0.2) is 65.8 Å². The summed E-state index contributed by atoms with van der Waals surface area (Å²) in [6, 6.07) is 14.3. The van der Waals surface area contributed by atoms with Crippen LogP contribution in [0.2, 0.25) is 0 Å². The lowest BCUT2D eigenvalue weighted by atomic mass is 10.0. The van der Waals surface area contributed by atoms with Gasteiger partial charge in [0.1, 0.15) is 0 Å². The molecular formula is C28H28N6O3S. The molecule has 0 saturated heterocycles. The van der Waals surface area contributed by atoms with Crippen LogP contribution in [0, 0.1) is 0 Å². The zero-order valence-corrected chi connectivity index (χ0v) is 22.2. The topological polar surface area (TPSA) is 111 Å². The summed E-state index contributed by atoms with van der Waals surface area (Å²) in [6.45, 7) is 0.958. The second kappa shape index (κ2) is 10.3. The molecule has 3 heterocycles. The van der Waals surface area contributed by atoms with Crippen molar-refractivity contribution < 1.29 is 13.2 Å². The maximum Gasteiger partial charge on any atom is 0.256 e. The Kier molecular flexibility index (Phi) is 6.94. The minimum atomic E-state index is -3.70. The van der Waals surface area contributed by atoms with E-state index in [4.69, 9.17) is 0 Å². The van der Waals surface area contributed by atoms with Gasteiger partial charge >= 0.3 is 0 Å². The normalized spacial score (nSPS) is 14.8. The van der Waals surface area contributed by atoms with Gasteiger partial charge in [0, 0.05) is 54.7 Å². The third-order valence-corrected chi connectivity index (χ3v) is 8.26. The summed E-state index contributed by atoms with van der Waals surface area (Å²) in [5.41, 5.74) is 4.99. The smallest absolute Gasteiger partial charge is 0.256 e.